The number of amides is 2. The van der Waals surface area contributed by atoms with Gasteiger partial charge < -0.3 is 15.5 Å². The highest BCUT2D eigenvalue weighted by Crippen LogP contribution is 2.54. The van der Waals surface area contributed by atoms with Gasteiger partial charge in [-0.25, -0.2) is 4.79 Å². The smallest absolute Gasteiger partial charge is 0.308 e. The number of nitrogens with zero attached hydrogens (tertiary/aromatic N) is 1. The fourth-order valence-electron chi connectivity index (χ4n) is 7.64. The summed E-state index contributed by atoms with van der Waals surface area (Å²) in [6.45, 7) is 4.31. The normalized spacial score (nSPS) is 31.4. The number of carbonyl (C=O) groups is 1. The van der Waals surface area contributed by atoms with Crippen LogP contribution in [0.25, 0.3) is 0 Å². The number of hydrogen-bond acceptors (Lipinski definition) is 2. The van der Waals surface area contributed by atoms with Gasteiger partial charge in [0.25, 0.3) is 0 Å². The molecule has 4 nitrogen and oxygen atoms in total. The summed E-state index contributed by atoms with van der Waals surface area (Å²) in [7, 11) is 0. The van der Waals surface area contributed by atoms with Crippen molar-refractivity contribution in [2.75, 3.05) is 23.7 Å². The minimum absolute atomic E-state index is 0.128. The molecule has 2 N–H and O–H groups in total. The number of alkyl halides is 3. The summed E-state index contributed by atoms with van der Waals surface area (Å²) in [5, 5.41) is 5.21. The molecule has 0 bridgehead atoms. The van der Waals surface area contributed by atoms with Crippen molar-refractivity contribution in [1.29, 1.82) is 0 Å². The first kappa shape index (κ1) is 26.9. The topological polar surface area (TPSA) is 44.4 Å². The quantitative estimate of drug-likeness (QED) is 0.379. The van der Waals surface area contributed by atoms with Crippen LogP contribution >= 0.6 is 0 Å². The first-order valence-electron chi connectivity index (χ1n) is 14.4. The van der Waals surface area contributed by atoms with Gasteiger partial charge in [0.05, 0.1) is 5.56 Å². The van der Waals surface area contributed by atoms with Gasteiger partial charge in [0, 0.05) is 35.3 Å². The van der Waals surface area contributed by atoms with Crippen molar-refractivity contribution < 1.29 is 18.0 Å². The van der Waals surface area contributed by atoms with Gasteiger partial charge in [-0.15, -0.1) is 0 Å². The van der Waals surface area contributed by atoms with Crippen molar-refractivity contribution in [3.8, 4) is 0 Å². The SMILES string of the molecule is C[C@H]1CN(C2CCC(c3ccc(NC(=O)Nc4ccccc4)cc3C(F)(F)F)C2)CCC12C=CC1C=CC=CC12. The Labute approximate surface area is 234 Å². The predicted octanol–water partition coefficient (Wildman–Crippen LogP) is 8.24. The van der Waals surface area contributed by atoms with Crippen molar-refractivity contribution in [2.24, 2.45) is 23.2 Å². The summed E-state index contributed by atoms with van der Waals surface area (Å²) in [6, 6.07) is 12.8. The molecule has 6 rings (SSSR count). The van der Waals surface area contributed by atoms with Gasteiger partial charge in [-0.2, -0.15) is 13.2 Å². The van der Waals surface area contributed by atoms with Gasteiger partial charge in [0.1, 0.15) is 0 Å². The van der Waals surface area contributed by atoms with Crippen LogP contribution in [0, 0.1) is 23.2 Å². The van der Waals surface area contributed by atoms with E-state index in [9.17, 15) is 18.0 Å². The lowest BCUT2D eigenvalue weighted by molar-refractivity contribution is -0.138. The lowest BCUT2D eigenvalue weighted by Crippen LogP contribution is -2.51. The summed E-state index contributed by atoms with van der Waals surface area (Å²) >= 11 is 0. The molecule has 7 heteroatoms. The highest BCUT2D eigenvalue weighted by atomic mass is 19.4. The number of rotatable bonds is 4. The number of urea groups is 1. The molecule has 0 radical (unpaired) electrons. The standard InChI is InChI=1S/C33H36F3N3O/c1-22-21-39(18-17-32(22)16-15-23-7-5-6-10-29(23)32)27-13-11-24(19-27)28-14-12-26(20-30(28)33(34,35)36)38-31(40)37-25-8-3-2-4-9-25/h2-10,12,14-16,20,22-24,27,29H,11,13,17-19,21H2,1H3,(H2,37,38,40)/t22-,23?,24?,27?,29?,32?/m0/s1. The Hall–Kier alpha value is -3.32. The third kappa shape index (κ3) is 5.12. The van der Waals surface area contributed by atoms with E-state index < -0.39 is 17.8 Å². The zero-order valence-corrected chi connectivity index (χ0v) is 22.7. The summed E-state index contributed by atoms with van der Waals surface area (Å²) in [5.74, 6) is 1.34. The molecule has 40 heavy (non-hydrogen) atoms. The van der Waals surface area contributed by atoms with E-state index in [1.807, 2.05) is 6.07 Å². The fourth-order valence-corrected chi connectivity index (χ4v) is 7.64. The molecule has 3 aliphatic carbocycles. The average Bonchev–Trinajstić information content (AvgIpc) is 3.57. The summed E-state index contributed by atoms with van der Waals surface area (Å²) in [6.07, 6.45) is 12.8. The maximum Gasteiger partial charge on any atom is 0.416 e. The zero-order chi connectivity index (χ0) is 27.9. The van der Waals surface area contributed by atoms with Gasteiger partial charge in [0.15, 0.2) is 0 Å². The van der Waals surface area contributed by atoms with Crippen LogP contribution < -0.4 is 10.6 Å². The number of nitrogens with one attached hydrogen (secondary N) is 2. The Morgan fingerprint density at radius 2 is 1.75 bits per heavy atom. The number of halogens is 3. The number of carbonyl (C=O) groups excluding carboxylic acids is 1. The molecule has 6 atom stereocenters. The van der Waals surface area contributed by atoms with Crippen LogP contribution in [0.2, 0.25) is 0 Å². The second-order valence-electron chi connectivity index (χ2n) is 11.9. The summed E-state index contributed by atoms with van der Waals surface area (Å²) < 4.78 is 42.7. The molecule has 2 aromatic carbocycles. The zero-order valence-electron chi connectivity index (χ0n) is 22.7. The van der Waals surface area contributed by atoms with Gasteiger partial charge in [0.2, 0.25) is 0 Å². The van der Waals surface area contributed by atoms with Crippen molar-refractivity contribution >= 4 is 17.4 Å². The number of likely N-dealkylation sites (tertiary alicyclic amines) is 1. The number of allylic oxidation sites excluding steroid dienone is 6. The lowest BCUT2D eigenvalue weighted by atomic mass is 9.62. The maximum absolute atomic E-state index is 14.2. The van der Waals surface area contributed by atoms with E-state index in [0.717, 1.165) is 44.8 Å². The van der Waals surface area contributed by atoms with Crippen LogP contribution in [0.3, 0.4) is 0 Å². The second kappa shape index (κ2) is 10.6. The maximum atomic E-state index is 14.2. The molecule has 2 aromatic rings. The van der Waals surface area contributed by atoms with Crippen molar-refractivity contribution in [3.05, 3.63) is 96.1 Å². The number of benzene rings is 2. The molecular formula is C33H36F3N3O. The van der Waals surface area contributed by atoms with Crippen LogP contribution in [0.1, 0.15) is 49.7 Å². The average molecular weight is 548 g/mol. The van der Waals surface area contributed by atoms with Gasteiger partial charge in [-0.3, -0.25) is 0 Å². The van der Waals surface area contributed by atoms with E-state index in [1.54, 1.807) is 36.4 Å². The lowest BCUT2D eigenvalue weighted by Gasteiger charge is -2.49. The van der Waals surface area contributed by atoms with Crippen LogP contribution in [0.15, 0.2) is 85.0 Å². The van der Waals surface area contributed by atoms with Crippen LogP contribution in [0.5, 0.6) is 0 Å². The largest absolute Gasteiger partial charge is 0.416 e. The van der Waals surface area contributed by atoms with Gasteiger partial charge in [-0.1, -0.05) is 67.6 Å². The highest BCUT2D eigenvalue weighted by Gasteiger charge is 2.50. The van der Waals surface area contributed by atoms with E-state index in [4.69, 9.17) is 0 Å². The number of para-hydroxylation sites is 1. The van der Waals surface area contributed by atoms with Crippen LogP contribution in [-0.2, 0) is 6.18 Å². The van der Waals surface area contributed by atoms with E-state index in [0.29, 0.717) is 35.0 Å². The number of hydrogen-bond donors (Lipinski definition) is 2. The molecule has 1 heterocycles. The van der Waals surface area contributed by atoms with Crippen LogP contribution in [0.4, 0.5) is 29.3 Å². The summed E-state index contributed by atoms with van der Waals surface area (Å²) in [4.78, 5) is 14.9. The second-order valence-corrected chi connectivity index (χ2v) is 11.9. The van der Waals surface area contributed by atoms with Crippen LogP contribution in [-0.4, -0.2) is 30.1 Å². The third-order valence-corrected chi connectivity index (χ3v) is 9.69. The summed E-state index contributed by atoms with van der Waals surface area (Å²) in [5.41, 5.74) is 0.564. The molecule has 1 saturated heterocycles. The molecule has 2 fully saturated rings. The number of fused-ring (bicyclic) bond motifs is 2. The van der Waals surface area contributed by atoms with Gasteiger partial charge >= 0.3 is 12.2 Å². The first-order valence-corrected chi connectivity index (χ1v) is 14.4. The minimum atomic E-state index is -4.50. The van der Waals surface area contributed by atoms with Crippen molar-refractivity contribution in [1.82, 2.24) is 4.90 Å². The molecule has 5 unspecified atom stereocenters. The number of anilines is 2. The first-order chi connectivity index (χ1) is 19.2. The van der Waals surface area contributed by atoms with Gasteiger partial charge in [-0.05, 0) is 79.8 Å². The molecular weight excluding hydrogens is 511 g/mol. The molecule has 210 valence electrons. The van der Waals surface area contributed by atoms with Crippen molar-refractivity contribution in [3.63, 3.8) is 0 Å². The Bertz CT molecular complexity index is 1330. The Kier molecular flexibility index (Phi) is 7.11. The highest BCUT2D eigenvalue weighted by molar-refractivity contribution is 5.99. The van der Waals surface area contributed by atoms with E-state index >= 15 is 0 Å². The minimum Gasteiger partial charge on any atom is -0.308 e. The molecule has 1 aliphatic heterocycles. The third-order valence-electron chi connectivity index (χ3n) is 9.69. The van der Waals surface area contributed by atoms with E-state index in [2.05, 4.69) is 58.9 Å². The molecule has 4 aliphatic rings. The van der Waals surface area contributed by atoms with E-state index in [-0.39, 0.29) is 17.0 Å². The number of piperidine rings is 1. The molecule has 2 amide bonds. The molecule has 0 aromatic heterocycles. The Morgan fingerprint density at radius 3 is 2.52 bits per heavy atom. The monoisotopic (exact) mass is 547 g/mol. The van der Waals surface area contributed by atoms with Crippen molar-refractivity contribution in [2.45, 2.75) is 50.7 Å². The Morgan fingerprint density at radius 1 is 0.975 bits per heavy atom. The molecule has 1 spiro atoms. The Balaban J connectivity index is 1.12. The fraction of sp³-hybridized carbons (Fsp3) is 0.424. The molecule has 1 saturated carbocycles. The predicted molar refractivity (Wildman–Crippen MR) is 153 cm³/mol. The van der Waals surface area contributed by atoms with E-state index in [1.165, 1.54) is 0 Å².